The predicted octanol–water partition coefficient (Wildman–Crippen LogP) is 2.30. The van der Waals surface area contributed by atoms with Gasteiger partial charge in [-0.05, 0) is 31.7 Å². The monoisotopic (exact) mass is 275 g/mol. The van der Waals surface area contributed by atoms with Crippen molar-refractivity contribution in [1.29, 1.82) is 0 Å². The summed E-state index contributed by atoms with van der Waals surface area (Å²) in [5, 5.41) is 12.0. The summed E-state index contributed by atoms with van der Waals surface area (Å²) in [7, 11) is 0. The minimum absolute atomic E-state index is 0.0703. The summed E-state index contributed by atoms with van der Waals surface area (Å²) < 4.78 is 0. The molecule has 20 heavy (non-hydrogen) atoms. The molecule has 1 fully saturated rings. The van der Waals surface area contributed by atoms with Crippen LogP contribution in [0.3, 0.4) is 0 Å². The van der Waals surface area contributed by atoms with Crippen LogP contribution in [-0.4, -0.2) is 23.5 Å². The fourth-order valence-electron chi connectivity index (χ4n) is 2.55. The fraction of sp³-hybridized carbons (Fsp3) is 0.500. The summed E-state index contributed by atoms with van der Waals surface area (Å²) in [6.45, 7) is 2.28. The van der Waals surface area contributed by atoms with Gasteiger partial charge in [-0.25, -0.2) is 0 Å². The number of hydrogen-bond donors (Lipinski definition) is 2. The first kappa shape index (κ1) is 14.6. The van der Waals surface area contributed by atoms with Crippen molar-refractivity contribution in [3.05, 3.63) is 35.4 Å². The second-order valence-electron chi connectivity index (χ2n) is 5.70. The zero-order chi connectivity index (χ0) is 14.6. The third kappa shape index (κ3) is 3.38. The van der Waals surface area contributed by atoms with Gasteiger partial charge in [0, 0.05) is 13.0 Å². The molecule has 0 radical (unpaired) electrons. The standard InChI is InChI=1S/C16H21NO3/c1-12-4-2-5-13(10-12)6-7-14(18)17-11-16(15(19)20)8-3-9-16/h2,4-5,10H,3,6-9,11H2,1H3,(H,17,18)(H,19,20). The number of aryl methyl sites for hydroxylation is 2. The first-order chi connectivity index (χ1) is 9.52. The number of hydrogen-bond acceptors (Lipinski definition) is 2. The smallest absolute Gasteiger partial charge is 0.311 e. The van der Waals surface area contributed by atoms with E-state index in [1.807, 2.05) is 25.1 Å². The van der Waals surface area contributed by atoms with Crippen molar-refractivity contribution in [2.75, 3.05) is 6.54 Å². The average Bonchev–Trinajstić information content (AvgIpc) is 2.34. The maximum Gasteiger partial charge on any atom is 0.311 e. The molecule has 0 unspecified atom stereocenters. The maximum atomic E-state index is 11.8. The van der Waals surface area contributed by atoms with Crippen molar-refractivity contribution >= 4 is 11.9 Å². The summed E-state index contributed by atoms with van der Waals surface area (Å²) >= 11 is 0. The van der Waals surface area contributed by atoms with Gasteiger partial charge in [-0.2, -0.15) is 0 Å². The summed E-state index contributed by atoms with van der Waals surface area (Å²) in [6.07, 6.45) is 3.36. The number of nitrogens with one attached hydrogen (secondary N) is 1. The summed E-state index contributed by atoms with van der Waals surface area (Å²) in [5.41, 5.74) is 1.61. The van der Waals surface area contributed by atoms with Gasteiger partial charge >= 0.3 is 5.97 Å². The Morgan fingerprint density at radius 3 is 2.65 bits per heavy atom. The van der Waals surface area contributed by atoms with Gasteiger partial charge in [0.15, 0.2) is 0 Å². The van der Waals surface area contributed by atoms with E-state index < -0.39 is 11.4 Å². The molecular formula is C16H21NO3. The number of aliphatic carboxylic acids is 1. The lowest BCUT2D eigenvalue weighted by molar-refractivity contribution is -0.154. The van der Waals surface area contributed by atoms with Crippen LogP contribution in [0.4, 0.5) is 0 Å². The van der Waals surface area contributed by atoms with E-state index >= 15 is 0 Å². The highest BCUT2D eigenvalue weighted by Gasteiger charge is 2.44. The molecule has 4 nitrogen and oxygen atoms in total. The van der Waals surface area contributed by atoms with Gasteiger partial charge < -0.3 is 10.4 Å². The Bertz CT molecular complexity index is 506. The molecule has 1 aliphatic carbocycles. The van der Waals surface area contributed by atoms with Crippen molar-refractivity contribution in [3.8, 4) is 0 Å². The first-order valence-electron chi connectivity index (χ1n) is 7.07. The lowest BCUT2D eigenvalue weighted by Gasteiger charge is -2.37. The molecule has 0 aliphatic heterocycles. The molecule has 108 valence electrons. The van der Waals surface area contributed by atoms with Crippen LogP contribution in [0.25, 0.3) is 0 Å². The molecule has 4 heteroatoms. The van der Waals surface area contributed by atoms with Crippen LogP contribution in [-0.2, 0) is 16.0 Å². The molecule has 1 aromatic rings. The highest BCUT2D eigenvalue weighted by molar-refractivity contribution is 5.79. The topological polar surface area (TPSA) is 66.4 Å². The van der Waals surface area contributed by atoms with E-state index in [0.717, 1.165) is 12.0 Å². The fourth-order valence-corrected chi connectivity index (χ4v) is 2.55. The van der Waals surface area contributed by atoms with Crippen LogP contribution in [0.1, 0.15) is 36.8 Å². The summed E-state index contributed by atoms with van der Waals surface area (Å²) in [4.78, 5) is 23.0. The van der Waals surface area contributed by atoms with Gasteiger partial charge in [-0.3, -0.25) is 9.59 Å². The minimum atomic E-state index is -0.789. The van der Waals surface area contributed by atoms with Crippen LogP contribution in [0.5, 0.6) is 0 Å². The average molecular weight is 275 g/mol. The second-order valence-corrected chi connectivity index (χ2v) is 5.70. The number of amides is 1. The normalized spacial score (nSPS) is 16.2. The molecule has 0 saturated heterocycles. The van der Waals surface area contributed by atoms with E-state index in [-0.39, 0.29) is 12.5 Å². The minimum Gasteiger partial charge on any atom is -0.481 e. The van der Waals surface area contributed by atoms with Crippen molar-refractivity contribution in [1.82, 2.24) is 5.32 Å². The van der Waals surface area contributed by atoms with Crippen LogP contribution in [0, 0.1) is 12.3 Å². The van der Waals surface area contributed by atoms with Crippen molar-refractivity contribution in [3.63, 3.8) is 0 Å². The SMILES string of the molecule is Cc1cccc(CCC(=O)NCC2(C(=O)O)CCC2)c1. The molecule has 0 heterocycles. The second kappa shape index (κ2) is 6.07. The molecule has 0 atom stereocenters. The van der Waals surface area contributed by atoms with E-state index in [1.165, 1.54) is 5.56 Å². The van der Waals surface area contributed by atoms with Gasteiger partial charge in [-0.15, -0.1) is 0 Å². The molecule has 1 aromatic carbocycles. The molecule has 1 amide bonds. The Labute approximate surface area is 119 Å². The number of carboxylic acid groups (broad SMARTS) is 1. The Hall–Kier alpha value is -1.84. The van der Waals surface area contributed by atoms with E-state index in [1.54, 1.807) is 0 Å². The number of carbonyl (C=O) groups excluding carboxylic acids is 1. The van der Waals surface area contributed by atoms with Gasteiger partial charge in [0.05, 0.1) is 5.41 Å². The quantitative estimate of drug-likeness (QED) is 0.837. The van der Waals surface area contributed by atoms with E-state index in [2.05, 4.69) is 11.4 Å². The largest absolute Gasteiger partial charge is 0.481 e. The third-order valence-corrected chi connectivity index (χ3v) is 4.11. The summed E-state index contributed by atoms with van der Waals surface area (Å²) in [5.74, 6) is -0.859. The molecule has 0 spiro atoms. The van der Waals surface area contributed by atoms with Crippen LogP contribution in [0.15, 0.2) is 24.3 Å². The van der Waals surface area contributed by atoms with E-state index in [0.29, 0.717) is 25.7 Å². The van der Waals surface area contributed by atoms with Gasteiger partial charge in [-0.1, -0.05) is 36.2 Å². The Kier molecular flexibility index (Phi) is 4.42. The number of carbonyl (C=O) groups is 2. The van der Waals surface area contributed by atoms with Crippen molar-refractivity contribution < 1.29 is 14.7 Å². The first-order valence-corrected chi connectivity index (χ1v) is 7.07. The lowest BCUT2D eigenvalue weighted by Crippen LogP contribution is -2.47. The Morgan fingerprint density at radius 1 is 1.35 bits per heavy atom. The lowest BCUT2D eigenvalue weighted by atomic mass is 9.69. The Morgan fingerprint density at radius 2 is 2.10 bits per heavy atom. The van der Waals surface area contributed by atoms with Crippen molar-refractivity contribution in [2.45, 2.75) is 39.0 Å². The molecule has 1 aliphatic rings. The predicted molar refractivity (Wildman–Crippen MR) is 76.4 cm³/mol. The highest BCUT2D eigenvalue weighted by Crippen LogP contribution is 2.40. The highest BCUT2D eigenvalue weighted by atomic mass is 16.4. The zero-order valence-corrected chi connectivity index (χ0v) is 11.8. The van der Waals surface area contributed by atoms with Crippen LogP contribution >= 0.6 is 0 Å². The molecule has 0 aromatic heterocycles. The van der Waals surface area contributed by atoms with Gasteiger partial charge in [0.25, 0.3) is 0 Å². The van der Waals surface area contributed by atoms with Gasteiger partial charge in [0.1, 0.15) is 0 Å². The number of carboxylic acids is 1. The van der Waals surface area contributed by atoms with E-state index in [4.69, 9.17) is 0 Å². The van der Waals surface area contributed by atoms with E-state index in [9.17, 15) is 14.7 Å². The Balaban J connectivity index is 1.77. The molecule has 2 N–H and O–H groups in total. The zero-order valence-electron chi connectivity index (χ0n) is 11.8. The van der Waals surface area contributed by atoms with Crippen LogP contribution < -0.4 is 5.32 Å². The molecule has 0 bridgehead atoms. The van der Waals surface area contributed by atoms with Gasteiger partial charge in [0.2, 0.25) is 5.91 Å². The molecule has 2 rings (SSSR count). The van der Waals surface area contributed by atoms with Crippen molar-refractivity contribution in [2.24, 2.45) is 5.41 Å². The van der Waals surface area contributed by atoms with Crippen LogP contribution in [0.2, 0.25) is 0 Å². The molecular weight excluding hydrogens is 254 g/mol. The third-order valence-electron chi connectivity index (χ3n) is 4.11. The summed E-state index contributed by atoms with van der Waals surface area (Å²) in [6, 6.07) is 8.08. The number of rotatable bonds is 6. The molecule has 1 saturated carbocycles. The maximum absolute atomic E-state index is 11.8. The number of benzene rings is 1.